The predicted octanol–water partition coefficient (Wildman–Crippen LogP) is 2.68. The summed E-state index contributed by atoms with van der Waals surface area (Å²) >= 11 is 11.9. The summed E-state index contributed by atoms with van der Waals surface area (Å²) in [4.78, 5) is 0. The summed E-state index contributed by atoms with van der Waals surface area (Å²) in [5.74, 6) is 0. The molecule has 0 aliphatic heterocycles. The van der Waals surface area contributed by atoms with Crippen LogP contribution in [0.1, 0.15) is 12.6 Å². The summed E-state index contributed by atoms with van der Waals surface area (Å²) in [5.41, 5.74) is 1.68. The predicted molar refractivity (Wildman–Crippen MR) is 68.8 cm³/mol. The first kappa shape index (κ1) is 12.4. The molecule has 0 radical (unpaired) electrons. The van der Waals surface area contributed by atoms with Crippen LogP contribution >= 0.6 is 23.2 Å². The van der Waals surface area contributed by atoms with E-state index in [2.05, 4.69) is 15.6 Å². The van der Waals surface area contributed by atoms with E-state index in [1.54, 1.807) is 22.9 Å². The van der Waals surface area contributed by atoms with Crippen LogP contribution in [0.25, 0.3) is 5.69 Å². The molecule has 0 aliphatic rings. The van der Waals surface area contributed by atoms with E-state index < -0.39 is 0 Å². The highest BCUT2D eigenvalue weighted by atomic mass is 35.5. The Morgan fingerprint density at radius 2 is 1.94 bits per heavy atom. The van der Waals surface area contributed by atoms with Crippen molar-refractivity contribution in [1.82, 2.24) is 20.3 Å². The van der Waals surface area contributed by atoms with Gasteiger partial charge in [0.15, 0.2) is 0 Å². The van der Waals surface area contributed by atoms with Crippen LogP contribution in [-0.2, 0) is 6.54 Å². The molecule has 0 saturated heterocycles. The van der Waals surface area contributed by atoms with Crippen molar-refractivity contribution in [1.29, 1.82) is 0 Å². The highest BCUT2D eigenvalue weighted by Crippen LogP contribution is 2.21. The molecule has 1 heterocycles. The van der Waals surface area contributed by atoms with Gasteiger partial charge < -0.3 is 5.32 Å². The zero-order valence-corrected chi connectivity index (χ0v) is 10.8. The third-order valence-electron chi connectivity index (χ3n) is 2.21. The molecule has 2 aromatic rings. The molecule has 6 heteroatoms. The topological polar surface area (TPSA) is 42.7 Å². The fourth-order valence-corrected chi connectivity index (χ4v) is 1.94. The summed E-state index contributed by atoms with van der Waals surface area (Å²) in [6.07, 6.45) is 1.85. The third kappa shape index (κ3) is 3.19. The molecule has 4 nitrogen and oxygen atoms in total. The average molecular weight is 271 g/mol. The Morgan fingerprint density at radius 1 is 1.24 bits per heavy atom. The normalized spacial score (nSPS) is 10.8. The maximum absolute atomic E-state index is 5.93. The number of nitrogens with one attached hydrogen (secondary N) is 1. The van der Waals surface area contributed by atoms with Crippen LogP contribution < -0.4 is 5.32 Å². The van der Waals surface area contributed by atoms with Crippen LogP contribution in [0.4, 0.5) is 0 Å². The van der Waals surface area contributed by atoms with Gasteiger partial charge in [-0.3, -0.25) is 0 Å². The molecule has 0 amide bonds. The second-order valence-electron chi connectivity index (χ2n) is 3.56. The maximum Gasteiger partial charge on any atom is 0.0969 e. The number of hydrogen-bond acceptors (Lipinski definition) is 3. The van der Waals surface area contributed by atoms with E-state index in [0.717, 1.165) is 17.9 Å². The van der Waals surface area contributed by atoms with Gasteiger partial charge in [0.2, 0.25) is 0 Å². The van der Waals surface area contributed by atoms with Gasteiger partial charge in [-0.25, -0.2) is 4.68 Å². The Balaban J connectivity index is 2.24. The van der Waals surface area contributed by atoms with Crippen molar-refractivity contribution in [3.63, 3.8) is 0 Å². The standard InChI is InChI=1S/C11H12Cl2N4/c1-2-14-6-10-7-17(16-15-10)11-4-8(12)3-9(13)5-11/h3-5,7,14H,2,6H2,1H3. The molecule has 1 aromatic carbocycles. The Kier molecular flexibility index (Phi) is 3.99. The lowest BCUT2D eigenvalue weighted by Crippen LogP contribution is -2.11. The van der Waals surface area contributed by atoms with Gasteiger partial charge in [-0.2, -0.15) is 0 Å². The van der Waals surface area contributed by atoms with Crippen molar-refractivity contribution in [3.8, 4) is 5.69 Å². The van der Waals surface area contributed by atoms with Crippen LogP contribution in [0.5, 0.6) is 0 Å². The first-order valence-corrected chi connectivity index (χ1v) is 6.03. The highest BCUT2D eigenvalue weighted by Gasteiger charge is 2.04. The molecule has 0 spiro atoms. The Hall–Kier alpha value is -1.10. The SMILES string of the molecule is CCNCc1cn(-c2cc(Cl)cc(Cl)c2)nn1. The lowest BCUT2D eigenvalue weighted by Gasteiger charge is -2.01. The molecule has 1 aromatic heterocycles. The van der Waals surface area contributed by atoms with Crippen LogP contribution in [0, 0.1) is 0 Å². The molecule has 0 saturated carbocycles. The van der Waals surface area contributed by atoms with Gasteiger partial charge in [-0.05, 0) is 24.7 Å². The second kappa shape index (κ2) is 5.49. The van der Waals surface area contributed by atoms with E-state index in [1.165, 1.54) is 0 Å². The van der Waals surface area contributed by atoms with Crippen molar-refractivity contribution < 1.29 is 0 Å². The Morgan fingerprint density at radius 3 is 2.59 bits per heavy atom. The molecule has 17 heavy (non-hydrogen) atoms. The first-order valence-electron chi connectivity index (χ1n) is 5.27. The van der Waals surface area contributed by atoms with Gasteiger partial charge >= 0.3 is 0 Å². The van der Waals surface area contributed by atoms with E-state index in [4.69, 9.17) is 23.2 Å². The van der Waals surface area contributed by atoms with Crippen molar-refractivity contribution in [2.24, 2.45) is 0 Å². The average Bonchev–Trinajstić information content (AvgIpc) is 2.73. The van der Waals surface area contributed by atoms with Gasteiger partial charge in [-0.15, -0.1) is 5.10 Å². The molecule has 1 N–H and O–H groups in total. The minimum atomic E-state index is 0.580. The summed E-state index contributed by atoms with van der Waals surface area (Å²) in [7, 11) is 0. The smallest absolute Gasteiger partial charge is 0.0969 e. The Bertz CT molecular complexity index is 490. The minimum absolute atomic E-state index is 0.580. The van der Waals surface area contributed by atoms with Gasteiger partial charge in [0, 0.05) is 16.6 Å². The molecule has 0 bridgehead atoms. The highest BCUT2D eigenvalue weighted by molar-refractivity contribution is 6.34. The van der Waals surface area contributed by atoms with E-state index in [0.29, 0.717) is 16.6 Å². The zero-order chi connectivity index (χ0) is 12.3. The maximum atomic E-state index is 5.93. The summed E-state index contributed by atoms with van der Waals surface area (Å²) < 4.78 is 1.66. The number of nitrogens with zero attached hydrogens (tertiary/aromatic N) is 3. The minimum Gasteiger partial charge on any atom is -0.311 e. The molecule has 0 aliphatic carbocycles. The second-order valence-corrected chi connectivity index (χ2v) is 4.44. The summed E-state index contributed by atoms with van der Waals surface area (Å²) in [6.45, 7) is 3.64. The number of benzene rings is 1. The molecule has 0 fully saturated rings. The first-order chi connectivity index (χ1) is 8.19. The summed E-state index contributed by atoms with van der Waals surface area (Å²) in [6, 6.07) is 5.27. The van der Waals surface area contributed by atoms with Gasteiger partial charge in [-0.1, -0.05) is 35.3 Å². The number of hydrogen-bond donors (Lipinski definition) is 1. The van der Waals surface area contributed by atoms with Crippen molar-refractivity contribution in [2.45, 2.75) is 13.5 Å². The molecule has 0 atom stereocenters. The van der Waals surface area contributed by atoms with Crippen LogP contribution in [0.3, 0.4) is 0 Å². The fourth-order valence-electron chi connectivity index (χ4n) is 1.43. The molecular formula is C11H12Cl2N4. The van der Waals surface area contributed by atoms with Gasteiger partial charge in [0.05, 0.1) is 17.6 Å². The van der Waals surface area contributed by atoms with Crippen molar-refractivity contribution in [2.75, 3.05) is 6.54 Å². The molecular weight excluding hydrogens is 259 g/mol. The summed E-state index contributed by atoms with van der Waals surface area (Å²) in [5, 5.41) is 12.4. The van der Waals surface area contributed by atoms with Crippen molar-refractivity contribution in [3.05, 3.63) is 40.1 Å². The molecule has 90 valence electrons. The van der Waals surface area contributed by atoms with E-state index in [-0.39, 0.29) is 0 Å². The monoisotopic (exact) mass is 270 g/mol. The Labute approximate surface area is 110 Å². The van der Waals surface area contributed by atoms with Gasteiger partial charge in [0.1, 0.15) is 0 Å². The van der Waals surface area contributed by atoms with Crippen LogP contribution in [-0.4, -0.2) is 21.5 Å². The number of rotatable bonds is 4. The third-order valence-corrected chi connectivity index (χ3v) is 2.65. The van der Waals surface area contributed by atoms with E-state index >= 15 is 0 Å². The van der Waals surface area contributed by atoms with Crippen LogP contribution in [0.15, 0.2) is 24.4 Å². The molecule has 0 unspecified atom stereocenters. The quantitative estimate of drug-likeness (QED) is 0.929. The number of halogens is 2. The van der Waals surface area contributed by atoms with Gasteiger partial charge in [0.25, 0.3) is 0 Å². The molecule has 2 rings (SSSR count). The van der Waals surface area contributed by atoms with E-state index in [1.807, 2.05) is 13.1 Å². The largest absolute Gasteiger partial charge is 0.311 e. The van der Waals surface area contributed by atoms with Crippen LogP contribution in [0.2, 0.25) is 10.0 Å². The number of aromatic nitrogens is 3. The lowest BCUT2D eigenvalue weighted by molar-refractivity contribution is 0.705. The fraction of sp³-hybridized carbons (Fsp3) is 0.273. The zero-order valence-electron chi connectivity index (χ0n) is 9.32. The van der Waals surface area contributed by atoms with E-state index in [9.17, 15) is 0 Å². The van der Waals surface area contributed by atoms with Crippen molar-refractivity contribution >= 4 is 23.2 Å². The lowest BCUT2D eigenvalue weighted by atomic mass is 10.3.